The number of methoxy groups -OCH3 is 1. The lowest BCUT2D eigenvalue weighted by Crippen LogP contribution is -2.06. The van der Waals surface area contributed by atoms with Crippen molar-refractivity contribution in [2.24, 2.45) is 0 Å². The molecule has 0 unspecified atom stereocenters. The Morgan fingerprint density at radius 3 is 2.96 bits per heavy atom. The molecule has 0 spiro atoms. The quantitative estimate of drug-likeness (QED) is 0.689. The van der Waals surface area contributed by atoms with E-state index < -0.39 is 0 Å². The zero-order chi connectivity index (χ0) is 16.2. The molecule has 8 heteroatoms. The minimum absolute atomic E-state index is 0.468. The first-order valence-electron chi connectivity index (χ1n) is 7.02. The van der Waals surface area contributed by atoms with Gasteiger partial charge in [-0.3, -0.25) is 0 Å². The van der Waals surface area contributed by atoms with Crippen molar-refractivity contribution >= 4 is 40.2 Å². The van der Waals surface area contributed by atoms with E-state index in [0.29, 0.717) is 29.0 Å². The molecule has 3 aromatic rings. The number of nitrogens with two attached hydrogens (primary N) is 1. The number of benzene rings is 1. The van der Waals surface area contributed by atoms with Crippen molar-refractivity contribution in [3.63, 3.8) is 0 Å². The van der Waals surface area contributed by atoms with Gasteiger partial charge in [-0.1, -0.05) is 23.4 Å². The summed E-state index contributed by atoms with van der Waals surface area (Å²) in [7, 11) is 1.68. The molecule has 0 fully saturated rings. The van der Waals surface area contributed by atoms with E-state index in [4.69, 9.17) is 22.1 Å². The molecule has 0 atom stereocenters. The van der Waals surface area contributed by atoms with Crippen LogP contribution in [0.25, 0.3) is 11.0 Å². The molecule has 0 aliphatic heterocycles. The van der Waals surface area contributed by atoms with Crippen LogP contribution in [0.2, 0.25) is 5.02 Å². The van der Waals surface area contributed by atoms with Crippen molar-refractivity contribution in [3.05, 3.63) is 41.3 Å². The van der Waals surface area contributed by atoms with Gasteiger partial charge in [0.2, 0.25) is 0 Å². The molecule has 6 nitrogen and oxygen atoms in total. The zero-order valence-corrected chi connectivity index (χ0v) is 14.1. The average molecular weight is 350 g/mol. The van der Waals surface area contributed by atoms with Crippen LogP contribution in [0.15, 0.2) is 35.6 Å². The number of nitrogens with zero attached hydrogens (tertiary/aromatic N) is 4. The summed E-state index contributed by atoms with van der Waals surface area (Å²) >= 11 is 7.62. The standard InChI is InChI=1S/C15H16ClN5OS/c1-22-7-6-21-12-3-2-10(16)8-11(12)19-15(21)23-9-14-18-5-4-13(17)20-14/h2-5,8H,6-7,9H2,1H3,(H2,17,18,20). The van der Waals surface area contributed by atoms with Crippen LogP contribution in [0.4, 0.5) is 5.82 Å². The first-order chi connectivity index (χ1) is 11.2. The molecule has 0 aliphatic rings. The van der Waals surface area contributed by atoms with Gasteiger partial charge < -0.3 is 15.0 Å². The summed E-state index contributed by atoms with van der Waals surface area (Å²) in [5.41, 5.74) is 7.58. The molecule has 0 saturated carbocycles. The predicted molar refractivity (Wildman–Crippen MR) is 92.6 cm³/mol. The minimum atomic E-state index is 0.468. The lowest BCUT2D eigenvalue weighted by Gasteiger charge is -2.08. The monoisotopic (exact) mass is 349 g/mol. The summed E-state index contributed by atoms with van der Waals surface area (Å²) in [6, 6.07) is 7.37. The summed E-state index contributed by atoms with van der Waals surface area (Å²) in [6.45, 7) is 1.32. The van der Waals surface area contributed by atoms with Crippen LogP contribution in [0.5, 0.6) is 0 Å². The molecule has 2 aromatic heterocycles. The number of ether oxygens (including phenoxy) is 1. The number of rotatable bonds is 6. The number of imidazole rings is 1. The molecular weight excluding hydrogens is 334 g/mol. The zero-order valence-electron chi connectivity index (χ0n) is 12.6. The Balaban J connectivity index is 1.88. The number of nitrogen functional groups attached to an aromatic ring is 1. The fraction of sp³-hybridized carbons (Fsp3) is 0.267. The Bertz CT molecular complexity index is 823. The van der Waals surface area contributed by atoms with E-state index in [1.807, 2.05) is 18.2 Å². The Kier molecular flexibility index (Phi) is 5.00. The highest BCUT2D eigenvalue weighted by Crippen LogP contribution is 2.27. The second kappa shape index (κ2) is 7.16. The van der Waals surface area contributed by atoms with E-state index in [2.05, 4.69) is 19.5 Å². The van der Waals surface area contributed by atoms with Gasteiger partial charge in [-0.05, 0) is 24.3 Å². The van der Waals surface area contributed by atoms with E-state index in [1.54, 1.807) is 31.1 Å². The van der Waals surface area contributed by atoms with Gasteiger partial charge in [-0.2, -0.15) is 0 Å². The number of anilines is 1. The Labute approximate surface area is 143 Å². The van der Waals surface area contributed by atoms with Crippen LogP contribution in [0.1, 0.15) is 5.82 Å². The molecule has 2 heterocycles. The van der Waals surface area contributed by atoms with Gasteiger partial charge in [0.25, 0.3) is 0 Å². The van der Waals surface area contributed by atoms with Gasteiger partial charge in [0.15, 0.2) is 5.16 Å². The molecule has 2 N–H and O–H groups in total. The van der Waals surface area contributed by atoms with Gasteiger partial charge in [0.05, 0.1) is 23.4 Å². The fourth-order valence-corrected chi connectivity index (χ4v) is 3.28. The van der Waals surface area contributed by atoms with Crippen LogP contribution >= 0.6 is 23.4 Å². The number of thioether (sulfide) groups is 1. The molecule has 0 radical (unpaired) electrons. The first kappa shape index (κ1) is 16.0. The SMILES string of the molecule is COCCn1c(SCc2nccc(N)n2)nc2cc(Cl)ccc21. The van der Waals surface area contributed by atoms with E-state index in [-0.39, 0.29) is 0 Å². The highest BCUT2D eigenvalue weighted by atomic mass is 35.5. The molecule has 120 valence electrons. The highest BCUT2D eigenvalue weighted by molar-refractivity contribution is 7.98. The van der Waals surface area contributed by atoms with Crippen molar-refractivity contribution in [1.82, 2.24) is 19.5 Å². The van der Waals surface area contributed by atoms with E-state index >= 15 is 0 Å². The number of hydrogen-bond acceptors (Lipinski definition) is 6. The molecule has 23 heavy (non-hydrogen) atoms. The lowest BCUT2D eigenvalue weighted by atomic mass is 10.3. The van der Waals surface area contributed by atoms with Gasteiger partial charge in [0, 0.05) is 24.9 Å². The van der Waals surface area contributed by atoms with Crippen molar-refractivity contribution in [2.75, 3.05) is 19.5 Å². The number of halogens is 1. The van der Waals surface area contributed by atoms with Gasteiger partial charge in [0.1, 0.15) is 11.6 Å². The number of aromatic nitrogens is 4. The van der Waals surface area contributed by atoms with E-state index in [1.165, 1.54) is 0 Å². The summed E-state index contributed by atoms with van der Waals surface area (Å²) in [6.07, 6.45) is 1.66. The van der Waals surface area contributed by atoms with Crippen LogP contribution in [-0.4, -0.2) is 33.2 Å². The maximum absolute atomic E-state index is 6.06. The summed E-state index contributed by atoms with van der Waals surface area (Å²) in [4.78, 5) is 13.1. The third-order valence-electron chi connectivity index (χ3n) is 3.25. The summed E-state index contributed by atoms with van der Waals surface area (Å²) in [5.74, 6) is 1.74. The van der Waals surface area contributed by atoms with Gasteiger partial charge in [-0.15, -0.1) is 0 Å². The molecule has 0 amide bonds. The Morgan fingerprint density at radius 1 is 1.30 bits per heavy atom. The second-order valence-corrected chi connectivity index (χ2v) is 6.24. The smallest absolute Gasteiger partial charge is 0.169 e. The number of fused-ring (bicyclic) bond motifs is 1. The lowest BCUT2D eigenvalue weighted by molar-refractivity contribution is 0.186. The van der Waals surface area contributed by atoms with Gasteiger partial charge in [-0.25, -0.2) is 15.0 Å². The Morgan fingerprint density at radius 2 is 2.17 bits per heavy atom. The van der Waals surface area contributed by atoms with Crippen LogP contribution in [0.3, 0.4) is 0 Å². The van der Waals surface area contributed by atoms with Crippen molar-refractivity contribution < 1.29 is 4.74 Å². The molecule has 0 bridgehead atoms. The summed E-state index contributed by atoms with van der Waals surface area (Å²) in [5, 5.41) is 1.55. The van der Waals surface area contributed by atoms with Crippen molar-refractivity contribution in [1.29, 1.82) is 0 Å². The second-order valence-electron chi connectivity index (χ2n) is 4.86. The maximum Gasteiger partial charge on any atom is 0.169 e. The molecule has 1 aromatic carbocycles. The Hall–Kier alpha value is -1.83. The van der Waals surface area contributed by atoms with Crippen LogP contribution in [-0.2, 0) is 17.0 Å². The predicted octanol–water partition coefficient (Wildman–Crippen LogP) is 3.00. The van der Waals surface area contributed by atoms with E-state index in [9.17, 15) is 0 Å². The first-order valence-corrected chi connectivity index (χ1v) is 8.38. The minimum Gasteiger partial charge on any atom is -0.384 e. The molecule has 0 saturated heterocycles. The van der Waals surface area contributed by atoms with Crippen LogP contribution < -0.4 is 5.73 Å². The van der Waals surface area contributed by atoms with Crippen molar-refractivity contribution in [2.45, 2.75) is 17.5 Å². The maximum atomic E-state index is 6.06. The fourth-order valence-electron chi connectivity index (χ4n) is 2.20. The molecule has 0 aliphatic carbocycles. The normalized spacial score (nSPS) is 11.2. The average Bonchev–Trinajstić information content (AvgIpc) is 2.87. The molecular formula is C15H16ClN5OS. The number of hydrogen-bond donors (Lipinski definition) is 1. The van der Waals surface area contributed by atoms with E-state index in [0.717, 1.165) is 22.7 Å². The van der Waals surface area contributed by atoms with Crippen LogP contribution in [0, 0.1) is 0 Å². The molecule has 3 rings (SSSR count). The summed E-state index contributed by atoms with van der Waals surface area (Å²) < 4.78 is 7.31. The van der Waals surface area contributed by atoms with Crippen molar-refractivity contribution in [3.8, 4) is 0 Å². The largest absolute Gasteiger partial charge is 0.384 e. The third kappa shape index (κ3) is 3.74. The topological polar surface area (TPSA) is 78.9 Å². The van der Waals surface area contributed by atoms with Gasteiger partial charge >= 0.3 is 0 Å². The third-order valence-corrected chi connectivity index (χ3v) is 4.46. The highest BCUT2D eigenvalue weighted by Gasteiger charge is 2.12.